The van der Waals surface area contributed by atoms with E-state index < -0.39 is 0 Å². The van der Waals surface area contributed by atoms with Gasteiger partial charge in [-0.25, -0.2) is 9.97 Å². The van der Waals surface area contributed by atoms with Crippen molar-refractivity contribution in [2.75, 3.05) is 32.1 Å². The molecule has 3 heterocycles. The first-order valence-electron chi connectivity index (χ1n) is 7.37. The molecule has 0 aromatic carbocycles. The Morgan fingerprint density at radius 1 is 1.30 bits per heavy atom. The van der Waals surface area contributed by atoms with Gasteiger partial charge in [0.05, 0.1) is 5.39 Å². The lowest BCUT2D eigenvalue weighted by Crippen LogP contribution is -2.52. The number of anilines is 1. The molecule has 2 aromatic rings. The molecule has 0 bridgehead atoms. The van der Waals surface area contributed by atoms with Crippen LogP contribution in [0.25, 0.3) is 11.0 Å². The fraction of sp³-hybridized carbons (Fsp3) is 0.600. The number of hydrogen-bond donors (Lipinski definition) is 1. The molecule has 0 amide bonds. The zero-order chi connectivity index (χ0) is 14.2. The van der Waals surface area contributed by atoms with Gasteiger partial charge in [-0.05, 0) is 39.4 Å². The summed E-state index contributed by atoms with van der Waals surface area (Å²) in [7, 11) is 4.41. The first-order valence-corrected chi connectivity index (χ1v) is 7.37. The molecule has 5 heteroatoms. The van der Waals surface area contributed by atoms with Crippen molar-refractivity contribution in [1.82, 2.24) is 19.9 Å². The highest BCUT2D eigenvalue weighted by atomic mass is 15.2. The van der Waals surface area contributed by atoms with Crippen LogP contribution < -0.4 is 4.90 Å². The molecule has 0 unspecified atom stereocenters. The van der Waals surface area contributed by atoms with Crippen molar-refractivity contribution in [1.29, 1.82) is 0 Å². The predicted molar refractivity (Wildman–Crippen MR) is 82.0 cm³/mol. The van der Waals surface area contributed by atoms with Crippen LogP contribution in [0.2, 0.25) is 0 Å². The highest BCUT2D eigenvalue weighted by molar-refractivity contribution is 5.87. The minimum absolute atomic E-state index is 0.348. The van der Waals surface area contributed by atoms with Crippen molar-refractivity contribution in [2.45, 2.75) is 31.7 Å². The van der Waals surface area contributed by atoms with Crippen LogP contribution in [0.15, 0.2) is 18.6 Å². The van der Waals surface area contributed by atoms with Crippen LogP contribution in [0.3, 0.4) is 0 Å². The maximum Gasteiger partial charge on any atom is 0.142 e. The van der Waals surface area contributed by atoms with Gasteiger partial charge in [-0.15, -0.1) is 0 Å². The molecule has 1 aliphatic heterocycles. The van der Waals surface area contributed by atoms with Crippen LogP contribution in [-0.2, 0) is 0 Å². The molecule has 5 nitrogen and oxygen atoms in total. The quantitative estimate of drug-likeness (QED) is 0.932. The highest BCUT2D eigenvalue weighted by Gasteiger charge is 2.35. The number of aromatic nitrogens is 3. The van der Waals surface area contributed by atoms with E-state index in [9.17, 15) is 0 Å². The molecule has 108 valence electrons. The summed E-state index contributed by atoms with van der Waals surface area (Å²) in [5.41, 5.74) is 1.27. The van der Waals surface area contributed by atoms with Crippen LogP contribution >= 0.6 is 0 Å². The lowest BCUT2D eigenvalue weighted by atomic mass is 9.84. The molecule has 1 fully saturated rings. The third kappa shape index (κ3) is 2.06. The van der Waals surface area contributed by atoms with Crippen LogP contribution in [0.4, 0.5) is 5.82 Å². The van der Waals surface area contributed by atoms with E-state index in [2.05, 4.69) is 51.8 Å². The first-order chi connectivity index (χ1) is 9.66. The Morgan fingerprint density at radius 2 is 2.05 bits per heavy atom. The number of nitrogens with zero attached hydrogens (tertiary/aromatic N) is 4. The van der Waals surface area contributed by atoms with Gasteiger partial charge in [-0.1, -0.05) is 6.92 Å². The summed E-state index contributed by atoms with van der Waals surface area (Å²) in [5, 5.41) is 1.13. The number of H-pyrrole nitrogens is 1. The molecule has 0 spiro atoms. The Hall–Kier alpha value is -1.62. The Labute approximate surface area is 120 Å². The van der Waals surface area contributed by atoms with Crippen LogP contribution in [0.5, 0.6) is 0 Å². The van der Waals surface area contributed by atoms with E-state index in [1.165, 1.54) is 19.3 Å². The van der Waals surface area contributed by atoms with E-state index in [0.29, 0.717) is 5.54 Å². The standard InChI is InChI=1S/C15H23N5/c1-4-15(19(2)3)6-9-20(10-7-15)14-12-5-8-16-13(12)17-11-18-14/h5,8,11H,4,6-7,9-10H2,1-3H3,(H,16,17,18). The van der Waals surface area contributed by atoms with Gasteiger partial charge in [0.25, 0.3) is 0 Å². The summed E-state index contributed by atoms with van der Waals surface area (Å²) in [4.78, 5) is 16.7. The van der Waals surface area contributed by atoms with Gasteiger partial charge in [-0.3, -0.25) is 0 Å². The SMILES string of the molecule is CCC1(N(C)C)CCN(c2ncnc3[nH]ccc23)CC1. The molecule has 0 radical (unpaired) electrons. The second kappa shape index (κ2) is 5.05. The Balaban J connectivity index is 1.83. The number of nitrogens with one attached hydrogen (secondary N) is 1. The van der Waals surface area contributed by atoms with Gasteiger partial charge in [0.1, 0.15) is 17.8 Å². The molecule has 1 aliphatic rings. The maximum absolute atomic E-state index is 4.50. The van der Waals surface area contributed by atoms with Crippen LogP contribution in [-0.4, -0.2) is 52.6 Å². The molecular weight excluding hydrogens is 250 g/mol. The summed E-state index contributed by atoms with van der Waals surface area (Å²) < 4.78 is 0. The number of fused-ring (bicyclic) bond motifs is 1. The number of hydrogen-bond acceptors (Lipinski definition) is 4. The predicted octanol–water partition coefficient (Wildman–Crippen LogP) is 2.27. The first kappa shape index (κ1) is 13.4. The summed E-state index contributed by atoms with van der Waals surface area (Å²) >= 11 is 0. The van der Waals surface area contributed by atoms with E-state index in [0.717, 1.165) is 29.9 Å². The van der Waals surface area contributed by atoms with Gasteiger partial charge < -0.3 is 14.8 Å². The fourth-order valence-electron chi connectivity index (χ4n) is 3.36. The second-order valence-corrected chi connectivity index (χ2v) is 5.90. The third-order valence-corrected chi connectivity index (χ3v) is 4.93. The average Bonchev–Trinajstić information content (AvgIpc) is 2.95. The number of rotatable bonds is 3. The van der Waals surface area contributed by atoms with E-state index in [-0.39, 0.29) is 0 Å². The lowest BCUT2D eigenvalue weighted by molar-refractivity contribution is 0.111. The van der Waals surface area contributed by atoms with Crippen molar-refractivity contribution < 1.29 is 0 Å². The molecule has 0 atom stereocenters. The van der Waals surface area contributed by atoms with Gasteiger partial charge >= 0.3 is 0 Å². The fourth-order valence-corrected chi connectivity index (χ4v) is 3.36. The number of piperidine rings is 1. The van der Waals surface area contributed by atoms with Crippen molar-refractivity contribution in [3.63, 3.8) is 0 Å². The second-order valence-electron chi connectivity index (χ2n) is 5.90. The summed E-state index contributed by atoms with van der Waals surface area (Å²) in [6, 6.07) is 2.07. The van der Waals surface area contributed by atoms with E-state index in [4.69, 9.17) is 0 Å². The zero-order valence-corrected chi connectivity index (χ0v) is 12.6. The van der Waals surface area contributed by atoms with Crippen molar-refractivity contribution in [2.24, 2.45) is 0 Å². The van der Waals surface area contributed by atoms with Gasteiger partial charge in [-0.2, -0.15) is 0 Å². The third-order valence-electron chi connectivity index (χ3n) is 4.93. The topological polar surface area (TPSA) is 48.1 Å². The maximum atomic E-state index is 4.50. The van der Waals surface area contributed by atoms with Crippen LogP contribution in [0, 0.1) is 0 Å². The average molecular weight is 273 g/mol. The summed E-state index contributed by atoms with van der Waals surface area (Å²) in [5.74, 6) is 1.07. The normalized spacial score (nSPS) is 18.9. The smallest absolute Gasteiger partial charge is 0.142 e. The van der Waals surface area contributed by atoms with Gasteiger partial charge in [0, 0.05) is 24.8 Å². The minimum Gasteiger partial charge on any atom is -0.356 e. The molecule has 2 aromatic heterocycles. The zero-order valence-electron chi connectivity index (χ0n) is 12.6. The molecule has 1 saturated heterocycles. The van der Waals surface area contributed by atoms with Gasteiger partial charge in [0.15, 0.2) is 0 Å². The molecular formula is C15H23N5. The van der Waals surface area contributed by atoms with Crippen molar-refractivity contribution in [3.8, 4) is 0 Å². The largest absolute Gasteiger partial charge is 0.356 e. The molecule has 3 rings (SSSR count). The molecule has 0 saturated carbocycles. The minimum atomic E-state index is 0.348. The molecule has 1 N–H and O–H groups in total. The Bertz CT molecular complexity index is 581. The van der Waals surface area contributed by atoms with Crippen molar-refractivity contribution in [3.05, 3.63) is 18.6 Å². The highest BCUT2D eigenvalue weighted by Crippen LogP contribution is 2.33. The number of aromatic amines is 1. The van der Waals surface area contributed by atoms with Crippen molar-refractivity contribution >= 4 is 16.9 Å². The molecule has 0 aliphatic carbocycles. The van der Waals surface area contributed by atoms with E-state index >= 15 is 0 Å². The summed E-state index contributed by atoms with van der Waals surface area (Å²) in [6.07, 6.45) is 7.17. The monoisotopic (exact) mass is 273 g/mol. The summed E-state index contributed by atoms with van der Waals surface area (Å²) in [6.45, 7) is 4.41. The Morgan fingerprint density at radius 3 is 2.70 bits per heavy atom. The lowest BCUT2D eigenvalue weighted by Gasteiger charge is -2.46. The van der Waals surface area contributed by atoms with Crippen LogP contribution in [0.1, 0.15) is 26.2 Å². The molecule has 20 heavy (non-hydrogen) atoms. The van der Waals surface area contributed by atoms with E-state index in [1.54, 1.807) is 6.33 Å². The Kier molecular flexibility index (Phi) is 3.38. The van der Waals surface area contributed by atoms with Gasteiger partial charge in [0.2, 0.25) is 0 Å². The van der Waals surface area contributed by atoms with E-state index in [1.807, 2.05) is 6.20 Å².